The molecule has 0 atom stereocenters. The number of rotatable bonds is 4. The van der Waals surface area contributed by atoms with Crippen LogP contribution in [0.5, 0.6) is 0 Å². The fourth-order valence-corrected chi connectivity index (χ4v) is 1.63. The monoisotopic (exact) mass is 285 g/mol. The van der Waals surface area contributed by atoms with E-state index in [-0.39, 0.29) is 17.0 Å². The molecule has 2 rings (SSSR count). The van der Waals surface area contributed by atoms with Crippen molar-refractivity contribution in [1.29, 1.82) is 5.26 Å². The number of allylic oxidation sites excluding steroid dienone is 1. The third-order valence-electron chi connectivity index (χ3n) is 2.57. The fourth-order valence-electron chi connectivity index (χ4n) is 1.63. The molecule has 21 heavy (non-hydrogen) atoms. The largest absolute Gasteiger partial charge is 0.433 e. The maximum Gasteiger partial charge on any atom is 0.433 e. The Morgan fingerprint density at radius 3 is 2.52 bits per heavy atom. The van der Waals surface area contributed by atoms with Crippen molar-refractivity contribution < 1.29 is 14.3 Å². The van der Waals surface area contributed by atoms with Crippen LogP contribution in [-0.2, 0) is 0 Å². The minimum absolute atomic E-state index is 0.1000. The molecule has 0 amide bonds. The summed E-state index contributed by atoms with van der Waals surface area (Å²) in [6, 6.07) is 9.90. The van der Waals surface area contributed by atoms with E-state index in [2.05, 4.69) is 0 Å². The first kappa shape index (κ1) is 14.0. The van der Waals surface area contributed by atoms with Gasteiger partial charge in [-0.3, -0.25) is 20.2 Å². The zero-order valence-corrected chi connectivity index (χ0v) is 10.4. The predicted octanol–water partition coefficient (Wildman–Crippen LogP) is 3.16. The van der Waals surface area contributed by atoms with Crippen LogP contribution in [-0.4, -0.2) is 9.85 Å². The number of nitro benzene ring substituents is 1. The molecule has 0 bridgehead atoms. The van der Waals surface area contributed by atoms with Crippen molar-refractivity contribution in [2.24, 2.45) is 0 Å². The van der Waals surface area contributed by atoms with Gasteiger partial charge in [0.05, 0.1) is 22.6 Å². The Balaban J connectivity index is 2.41. The molecule has 2 aromatic rings. The lowest BCUT2D eigenvalue weighted by Crippen LogP contribution is -1.89. The molecule has 0 saturated heterocycles. The minimum Gasteiger partial charge on any atom is -0.401 e. The van der Waals surface area contributed by atoms with E-state index < -0.39 is 15.7 Å². The summed E-state index contributed by atoms with van der Waals surface area (Å²) in [7, 11) is 0. The van der Waals surface area contributed by atoms with Crippen LogP contribution < -0.4 is 0 Å². The molecular weight excluding hydrogens is 278 g/mol. The van der Waals surface area contributed by atoms with Gasteiger partial charge in [-0.25, -0.2) is 0 Å². The highest BCUT2D eigenvalue weighted by Crippen LogP contribution is 2.24. The van der Waals surface area contributed by atoms with Crippen molar-refractivity contribution >= 4 is 23.2 Å². The molecule has 104 valence electrons. The van der Waals surface area contributed by atoms with E-state index in [9.17, 15) is 20.2 Å². The van der Waals surface area contributed by atoms with E-state index >= 15 is 0 Å². The van der Waals surface area contributed by atoms with Gasteiger partial charge in [-0.05, 0) is 17.7 Å². The number of furan rings is 1. The van der Waals surface area contributed by atoms with Crippen molar-refractivity contribution in [1.82, 2.24) is 0 Å². The second-order valence-corrected chi connectivity index (χ2v) is 3.91. The Labute approximate surface area is 117 Å². The summed E-state index contributed by atoms with van der Waals surface area (Å²) in [6.07, 6.45) is 1.28. The molecule has 0 aliphatic heterocycles. The summed E-state index contributed by atoms with van der Waals surface area (Å²) in [5, 5.41) is 30.3. The standard InChI is InChI=1S/C13H7N3O5/c14-8-10(7-12-4-5-13(21-12)16(19)20)9-2-1-3-11(6-9)15(17)18/h1-7H. The smallest absolute Gasteiger partial charge is 0.401 e. The quantitative estimate of drug-likeness (QED) is 0.482. The topological polar surface area (TPSA) is 123 Å². The van der Waals surface area contributed by atoms with Crippen LogP contribution in [0.15, 0.2) is 40.8 Å². The molecule has 0 radical (unpaired) electrons. The lowest BCUT2D eigenvalue weighted by atomic mass is 10.1. The van der Waals surface area contributed by atoms with Gasteiger partial charge in [-0.1, -0.05) is 12.1 Å². The van der Waals surface area contributed by atoms with Crippen LogP contribution in [0, 0.1) is 31.6 Å². The van der Waals surface area contributed by atoms with E-state index in [1.807, 2.05) is 6.07 Å². The van der Waals surface area contributed by atoms with Crippen LogP contribution in [0.3, 0.4) is 0 Å². The number of benzene rings is 1. The van der Waals surface area contributed by atoms with Gasteiger partial charge in [0.15, 0.2) is 0 Å². The van der Waals surface area contributed by atoms with Crippen LogP contribution in [0.1, 0.15) is 11.3 Å². The third-order valence-corrected chi connectivity index (χ3v) is 2.57. The lowest BCUT2D eigenvalue weighted by Gasteiger charge is -1.98. The minimum atomic E-state index is -0.698. The highest BCUT2D eigenvalue weighted by atomic mass is 16.6. The second-order valence-electron chi connectivity index (χ2n) is 3.91. The van der Waals surface area contributed by atoms with Gasteiger partial charge >= 0.3 is 5.88 Å². The Kier molecular flexibility index (Phi) is 3.76. The Bertz CT molecular complexity index is 785. The molecule has 0 aliphatic carbocycles. The Morgan fingerprint density at radius 1 is 1.19 bits per heavy atom. The molecule has 8 heteroatoms. The molecule has 1 aromatic carbocycles. The van der Waals surface area contributed by atoms with Crippen molar-refractivity contribution in [3.8, 4) is 6.07 Å². The molecule has 1 aromatic heterocycles. The molecule has 1 heterocycles. The number of hydrogen-bond acceptors (Lipinski definition) is 6. The molecule has 0 fully saturated rings. The van der Waals surface area contributed by atoms with E-state index in [0.717, 1.165) is 6.07 Å². The molecule has 0 aliphatic rings. The summed E-state index contributed by atoms with van der Waals surface area (Å²) in [5.41, 5.74) is 0.271. The first-order valence-electron chi connectivity index (χ1n) is 5.62. The number of nitro groups is 2. The molecule has 0 N–H and O–H groups in total. The van der Waals surface area contributed by atoms with Gasteiger partial charge < -0.3 is 4.42 Å². The molecule has 0 spiro atoms. The average Bonchev–Trinajstić information content (AvgIpc) is 2.93. The number of nitrogens with zero attached hydrogens (tertiary/aromatic N) is 3. The molecule has 0 saturated carbocycles. The number of nitriles is 1. The van der Waals surface area contributed by atoms with Crippen LogP contribution in [0.2, 0.25) is 0 Å². The Morgan fingerprint density at radius 2 is 1.95 bits per heavy atom. The zero-order valence-electron chi connectivity index (χ0n) is 10.4. The predicted molar refractivity (Wildman–Crippen MR) is 71.9 cm³/mol. The first-order valence-corrected chi connectivity index (χ1v) is 5.62. The van der Waals surface area contributed by atoms with E-state index in [1.54, 1.807) is 0 Å². The number of non-ortho nitro benzene ring substituents is 1. The van der Waals surface area contributed by atoms with Crippen molar-refractivity contribution in [3.05, 3.63) is 68.0 Å². The van der Waals surface area contributed by atoms with Gasteiger partial charge in [-0.15, -0.1) is 0 Å². The zero-order chi connectivity index (χ0) is 15.4. The maximum absolute atomic E-state index is 10.7. The van der Waals surface area contributed by atoms with E-state index in [1.165, 1.54) is 36.4 Å². The average molecular weight is 285 g/mol. The normalized spacial score (nSPS) is 10.9. The lowest BCUT2D eigenvalue weighted by molar-refractivity contribution is -0.402. The summed E-state index contributed by atoms with van der Waals surface area (Å²) in [4.78, 5) is 19.9. The van der Waals surface area contributed by atoms with Crippen molar-refractivity contribution in [2.75, 3.05) is 0 Å². The third kappa shape index (κ3) is 3.10. The van der Waals surface area contributed by atoms with Crippen molar-refractivity contribution in [3.63, 3.8) is 0 Å². The molecule has 8 nitrogen and oxygen atoms in total. The van der Waals surface area contributed by atoms with Crippen LogP contribution in [0.4, 0.5) is 11.6 Å². The van der Waals surface area contributed by atoms with Crippen molar-refractivity contribution in [2.45, 2.75) is 0 Å². The van der Waals surface area contributed by atoms with Gasteiger partial charge in [0.25, 0.3) is 5.69 Å². The van der Waals surface area contributed by atoms with E-state index in [0.29, 0.717) is 5.56 Å². The van der Waals surface area contributed by atoms with Gasteiger partial charge in [0, 0.05) is 12.1 Å². The fraction of sp³-hybridized carbons (Fsp3) is 0. The van der Waals surface area contributed by atoms with E-state index in [4.69, 9.17) is 9.68 Å². The summed E-state index contributed by atoms with van der Waals surface area (Å²) in [6.45, 7) is 0. The van der Waals surface area contributed by atoms with Crippen LogP contribution >= 0.6 is 0 Å². The van der Waals surface area contributed by atoms with Gasteiger partial charge in [0.2, 0.25) is 0 Å². The summed E-state index contributed by atoms with van der Waals surface area (Å²) < 4.78 is 4.92. The Hall–Kier alpha value is -3.47. The summed E-state index contributed by atoms with van der Waals surface area (Å²) >= 11 is 0. The highest BCUT2D eigenvalue weighted by molar-refractivity contribution is 5.89. The second kappa shape index (κ2) is 5.66. The van der Waals surface area contributed by atoms with Gasteiger partial charge in [0.1, 0.15) is 10.7 Å². The SMILES string of the molecule is N#CC(=Cc1ccc([N+](=O)[O-])o1)c1cccc([N+](=O)[O-])c1. The first-order chi connectivity index (χ1) is 10.0. The maximum atomic E-state index is 10.7. The van der Waals surface area contributed by atoms with Gasteiger partial charge in [-0.2, -0.15) is 5.26 Å². The molecular formula is C13H7N3O5. The molecule has 0 unspecified atom stereocenters. The number of hydrogen-bond donors (Lipinski definition) is 0. The van der Waals surface area contributed by atoms with Crippen LogP contribution in [0.25, 0.3) is 11.6 Å². The highest BCUT2D eigenvalue weighted by Gasteiger charge is 2.13. The summed E-state index contributed by atoms with van der Waals surface area (Å²) in [5.74, 6) is -0.331.